The highest BCUT2D eigenvalue weighted by Crippen LogP contribution is 2.27. The van der Waals surface area contributed by atoms with E-state index in [1.54, 1.807) is 4.68 Å². The van der Waals surface area contributed by atoms with E-state index < -0.39 is 0 Å². The summed E-state index contributed by atoms with van der Waals surface area (Å²) in [4.78, 5) is 25.2. The van der Waals surface area contributed by atoms with Crippen LogP contribution in [0.5, 0.6) is 0 Å². The number of carbonyl (C=O) groups is 1. The number of hydrogen-bond donors (Lipinski definition) is 1. The number of carbonyl (C=O) groups excluding carboxylic acids is 1. The molecular formula is C15H21N7O. The van der Waals surface area contributed by atoms with Crippen molar-refractivity contribution in [1.82, 2.24) is 30.0 Å². The SMILES string of the molecule is Cc1nc(N2CCC(N3CCNC3=O)CC2)c2cnn(C)c2n1. The number of hydrogen-bond acceptors (Lipinski definition) is 5. The molecule has 0 unspecified atom stereocenters. The van der Waals surface area contributed by atoms with Gasteiger partial charge in [-0.05, 0) is 19.8 Å². The average Bonchev–Trinajstić information content (AvgIpc) is 3.14. The van der Waals surface area contributed by atoms with E-state index in [2.05, 4.69) is 25.3 Å². The lowest BCUT2D eigenvalue weighted by Gasteiger charge is -2.36. The summed E-state index contributed by atoms with van der Waals surface area (Å²) in [6.45, 7) is 5.30. The van der Waals surface area contributed by atoms with E-state index in [1.165, 1.54) is 0 Å². The largest absolute Gasteiger partial charge is 0.356 e. The van der Waals surface area contributed by atoms with Gasteiger partial charge < -0.3 is 15.1 Å². The van der Waals surface area contributed by atoms with Gasteiger partial charge in [0.15, 0.2) is 5.65 Å². The van der Waals surface area contributed by atoms with Crippen LogP contribution in [-0.4, -0.2) is 62.9 Å². The summed E-state index contributed by atoms with van der Waals surface area (Å²) >= 11 is 0. The molecule has 0 aliphatic carbocycles. The van der Waals surface area contributed by atoms with Crippen LogP contribution in [0.15, 0.2) is 6.20 Å². The Kier molecular flexibility index (Phi) is 3.32. The highest BCUT2D eigenvalue weighted by atomic mass is 16.2. The highest BCUT2D eigenvalue weighted by molar-refractivity contribution is 5.87. The number of piperidine rings is 1. The molecular weight excluding hydrogens is 294 g/mol. The molecule has 23 heavy (non-hydrogen) atoms. The monoisotopic (exact) mass is 315 g/mol. The fourth-order valence-electron chi connectivity index (χ4n) is 3.58. The Morgan fingerprint density at radius 1 is 1.22 bits per heavy atom. The number of aromatic nitrogens is 4. The molecule has 2 amide bonds. The maximum atomic E-state index is 11.8. The van der Waals surface area contributed by atoms with Gasteiger partial charge in [0.05, 0.1) is 11.6 Å². The van der Waals surface area contributed by atoms with Crippen molar-refractivity contribution in [3.63, 3.8) is 0 Å². The van der Waals surface area contributed by atoms with Crippen LogP contribution in [0.2, 0.25) is 0 Å². The number of nitrogens with zero attached hydrogens (tertiary/aromatic N) is 6. The summed E-state index contributed by atoms with van der Waals surface area (Å²) in [5.41, 5.74) is 0.869. The van der Waals surface area contributed by atoms with Crippen LogP contribution in [0.1, 0.15) is 18.7 Å². The minimum absolute atomic E-state index is 0.0796. The smallest absolute Gasteiger partial charge is 0.317 e. The average molecular weight is 315 g/mol. The van der Waals surface area contributed by atoms with Crippen molar-refractivity contribution in [1.29, 1.82) is 0 Å². The topological polar surface area (TPSA) is 79.2 Å². The Balaban J connectivity index is 1.55. The zero-order valence-electron chi connectivity index (χ0n) is 13.5. The van der Waals surface area contributed by atoms with Gasteiger partial charge in [0.25, 0.3) is 0 Å². The van der Waals surface area contributed by atoms with Crippen molar-refractivity contribution in [2.45, 2.75) is 25.8 Å². The number of fused-ring (bicyclic) bond motifs is 1. The molecule has 0 bridgehead atoms. The van der Waals surface area contributed by atoms with E-state index in [1.807, 2.05) is 25.1 Å². The Bertz CT molecular complexity index is 748. The molecule has 4 rings (SSSR count). The van der Waals surface area contributed by atoms with E-state index in [-0.39, 0.29) is 6.03 Å². The van der Waals surface area contributed by atoms with E-state index in [4.69, 9.17) is 0 Å². The first kappa shape index (κ1) is 14.2. The molecule has 2 aromatic rings. The van der Waals surface area contributed by atoms with Crippen molar-refractivity contribution in [2.75, 3.05) is 31.1 Å². The minimum atomic E-state index is 0.0796. The van der Waals surface area contributed by atoms with E-state index in [0.29, 0.717) is 6.04 Å². The van der Waals surface area contributed by atoms with Crippen LogP contribution < -0.4 is 10.2 Å². The van der Waals surface area contributed by atoms with Gasteiger partial charge in [-0.3, -0.25) is 4.68 Å². The predicted molar refractivity (Wildman–Crippen MR) is 86.4 cm³/mol. The van der Waals surface area contributed by atoms with Crippen molar-refractivity contribution < 1.29 is 4.79 Å². The second kappa shape index (κ2) is 5.36. The molecule has 8 nitrogen and oxygen atoms in total. The van der Waals surface area contributed by atoms with E-state index in [9.17, 15) is 4.79 Å². The lowest BCUT2D eigenvalue weighted by atomic mass is 10.0. The minimum Gasteiger partial charge on any atom is -0.356 e. The molecule has 0 saturated carbocycles. The Morgan fingerprint density at radius 2 is 2.00 bits per heavy atom. The highest BCUT2D eigenvalue weighted by Gasteiger charge is 2.31. The van der Waals surface area contributed by atoms with Crippen molar-refractivity contribution >= 4 is 22.9 Å². The van der Waals surface area contributed by atoms with Gasteiger partial charge in [0, 0.05) is 39.3 Å². The fourth-order valence-corrected chi connectivity index (χ4v) is 3.58. The zero-order valence-corrected chi connectivity index (χ0v) is 13.5. The molecule has 1 N–H and O–H groups in total. The van der Waals surface area contributed by atoms with Crippen LogP contribution in [0.4, 0.5) is 10.6 Å². The van der Waals surface area contributed by atoms with Crippen molar-refractivity contribution in [3.05, 3.63) is 12.0 Å². The molecule has 2 aliphatic rings. The number of amides is 2. The summed E-state index contributed by atoms with van der Waals surface area (Å²) in [6.07, 6.45) is 3.78. The maximum absolute atomic E-state index is 11.8. The normalized spacial score (nSPS) is 19.7. The molecule has 2 aromatic heterocycles. The Hall–Kier alpha value is -2.38. The summed E-state index contributed by atoms with van der Waals surface area (Å²) < 4.78 is 1.79. The number of nitrogens with one attached hydrogen (secondary N) is 1. The molecule has 4 heterocycles. The quantitative estimate of drug-likeness (QED) is 0.881. The Morgan fingerprint density at radius 3 is 2.70 bits per heavy atom. The van der Waals surface area contributed by atoms with Crippen LogP contribution in [0.25, 0.3) is 11.0 Å². The summed E-state index contributed by atoms with van der Waals surface area (Å²) in [5.74, 6) is 1.72. The maximum Gasteiger partial charge on any atom is 0.317 e. The summed E-state index contributed by atoms with van der Waals surface area (Å²) in [6, 6.07) is 0.414. The van der Waals surface area contributed by atoms with Gasteiger partial charge in [-0.2, -0.15) is 5.10 Å². The molecule has 0 aromatic carbocycles. The third-order valence-electron chi connectivity index (χ3n) is 4.78. The molecule has 8 heteroatoms. The second-order valence-electron chi connectivity index (χ2n) is 6.24. The van der Waals surface area contributed by atoms with Gasteiger partial charge >= 0.3 is 6.03 Å². The third-order valence-corrected chi connectivity index (χ3v) is 4.78. The van der Waals surface area contributed by atoms with Crippen LogP contribution >= 0.6 is 0 Å². The Labute approximate surface area is 134 Å². The lowest BCUT2D eigenvalue weighted by molar-refractivity contribution is 0.186. The molecule has 2 fully saturated rings. The van der Waals surface area contributed by atoms with Crippen LogP contribution in [-0.2, 0) is 7.05 Å². The third kappa shape index (κ3) is 2.38. The standard InChI is InChI=1S/C15H21N7O/c1-10-18-13-12(9-17-20(13)2)14(19-10)21-6-3-11(4-7-21)22-8-5-16-15(22)23/h9,11H,3-8H2,1-2H3,(H,16,23). The molecule has 2 aliphatic heterocycles. The fraction of sp³-hybridized carbons (Fsp3) is 0.600. The second-order valence-corrected chi connectivity index (χ2v) is 6.24. The number of urea groups is 1. The molecule has 122 valence electrons. The number of aryl methyl sites for hydroxylation is 2. The lowest BCUT2D eigenvalue weighted by Crippen LogP contribution is -2.46. The number of rotatable bonds is 2. The van der Waals surface area contributed by atoms with Gasteiger partial charge in [0.1, 0.15) is 11.6 Å². The van der Waals surface area contributed by atoms with Crippen LogP contribution in [0.3, 0.4) is 0 Å². The van der Waals surface area contributed by atoms with Crippen LogP contribution in [0, 0.1) is 6.92 Å². The summed E-state index contributed by atoms with van der Waals surface area (Å²) in [7, 11) is 1.90. The van der Waals surface area contributed by atoms with Crippen molar-refractivity contribution in [2.24, 2.45) is 7.05 Å². The zero-order chi connectivity index (χ0) is 16.0. The first-order chi connectivity index (χ1) is 11.1. The van der Waals surface area contributed by atoms with Crippen molar-refractivity contribution in [3.8, 4) is 0 Å². The first-order valence-electron chi connectivity index (χ1n) is 8.09. The van der Waals surface area contributed by atoms with E-state index in [0.717, 1.165) is 61.7 Å². The van der Waals surface area contributed by atoms with Gasteiger partial charge in [0.2, 0.25) is 0 Å². The van der Waals surface area contributed by atoms with Gasteiger partial charge in [-0.25, -0.2) is 14.8 Å². The first-order valence-corrected chi connectivity index (χ1v) is 8.09. The molecule has 0 radical (unpaired) electrons. The number of anilines is 1. The van der Waals surface area contributed by atoms with Gasteiger partial charge in [-0.1, -0.05) is 0 Å². The summed E-state index contributed by atoms with van der Waals surface area (Å²) in [5, 5.41) is 8.19. The predicted octanol–water partition coefficient (Wildman–Crippen LogP) is 0.666. The molecule has 2 saturated heterocycles. The molecule has 0 spiro atoms. The van der Waals surface area contributed by atoms with E-state index >= 15 is 0 Å². The molecule has 0 atom stereocenters. The van der Waals surface area contributed by atoms with Gasteiger partial charge in [-0.15, -0.1) is 0 Å².